The van der Waals surface area contributed by atoms with Gasteiger partial charge in [-0.3, -0.25) is 4.98 Å². The summed E-state index contributed by atoms with van der Waals surface area (Å²) in [6.45, 7) is 1.71. The van der Waals surface area contributed by atoms with E-state index in [0.29, 0.717) is 5.56 Å². The standard InChI is InChI=1S/C17H15FN2O2S2/c1-12-9-14(18)4-5-17(12)24(21,22)20-11-13-6-7-19-15(10-13)16-3-2-8-23-16/h2-10,20H,11H2,1H3. The SMILES string of the molecule is Cc1cc(F)ccc1S(=O)(=O)NCc1ccnc(-c2cccs2)c1. The average molecular weight is 362 g/mol. The van der Waals surface area contributed by atoms with E-state index in [4.69, 9.17) is 0 Å². The Bertz CT molecular complexity index is 954. The third kappa shape index (κ3) is 3.69. The largest absolute Gasteiger partial charge is 0.255 e. The molecule has 3 aromatic rings. The lowest BCUT2D eigenvalue weighted by Gasteiger charge is -2.10. The molecule has 0 aliphatic heterocycles. The molecule has 0 spiro atoms. The van der Waals surface area contributed by atoms with Crippen LogP contribution in [0.5, 0.6) is 0 Å². The van der Waals surface area contributed by atoms with E-state index in [9.17, 15) is 12.8 Å². The number of hydrogen-bond donors (Lipinski definition) is 1. The molecule has 1 aromatic carbocycles. The van der Waals surface area contributed by atoms with Gasteiger partial charge < -0.3 is 0 Å². The highest BCUT2D eigenvalue weighted by Gasteiger charge is 2.17. The molecule has 0 radical (unpaired) electrons. The molecule has 1 N–H and O–H groups in total. The molecular weight excluding hydrogens is 347 g/mol. The summed E-state index contributed by atoms with van der Waals surface area (Å²) in [5.74, 6) is -0.457. The summed E-state index contributed by atoms with van der Waals surface area (Å²) >= 11 is 1.57. The number of aryl methyl sites for hydroxylation is 1. The molecule has 0 atom stereocenters. The number of thiophene rings is 1. The summed E-state index contributed by atoms with van der Waals surface area (Å²) in [5.41, 5.74) is 1.98. The van der Waals surface area contributed by atoms with Crippen molar-refractivity contribution in [3.05, 3.63) is 71.0 Å². The van der Waals surface area contributed by atoms with E-state index in [-0.39, 0.29) is 11.4 Å². The number of aromatic nitrogens is 1. The normalized spacial score (nSPS) is 11.6. The third-order valence-electron chi connectivity index (χ3n) is 3.49. The minimum Gasteiger partial charge on any atom is -0.255 e. The van der Waals surface area contributed by atoms with Crippen LogP contribution in [0.2, 0.25) is 0 Å². The summed E-state index contributed by atoms with van der Waals surface area (Å²) in [6, 6.07) is 11.1. The van der Waals surface area contributed by atoms with Gasteiger partial charge in [-0.1, -0.05) is 6.07 Å². The zero-order chi connectivity index (χ0) is 17.2. The molecule has 0 unspecified atom stereocenters. The predicted molar refractivity (Wildman–Crippen MR) is 92.7 cm³/mol. The molecule has 124 valence electrons. The minimum absolute atomic E-state index is 0.0800. The molecule has 0 fully saturated rings. The zero-order valence-corrected chi connectivity index (χ0v) is 14.5. The molecule has 0 bridgehead atoms. The number of benzene rings is 1. The van der Waals surface area contributed by atoms with Crippen molar-refractivity contribution in [3.8, 4) is 10.6 Å². The summed E-state index contributed by atoms with van der Waals surface area (Å²) in [4.78, 5) is 5.40. The van der Waals surface area contributed by atoms with E-state index >= 15 is 0 Å². The van der Waals surface area contributed by atoms with Gasteiger partial charge in [0, 0.05) is 12.7 Å². The van der Waals surface area contributed by atoms with Gasteiger partial charge in [0.2, 0.25) is 10.0 Å². The van der Waals surface area contributed by atoms with E-state index in [1.807, 2.05) is 23.6 Å². The predicted octanol–water partition coefficient (Wildman–Crippen LogP) is 3.74. The molecule has 2 heterocycles. The van der Waals surface area contributed by atoms with Crippen molar-refractivity contribution in [3.63, 3.8) is 0 Å². The van der Waals surface area contributed by atoms with E-state index in [2.05, 4.69) is 9.71 Å². The average Bonchev–Trinajstić information content (AvgIpc) is 3.07. The van der Waals surface area contributed by atoms with Gasteiger partial charge in [0.1, 0.15) is 5.82 Å². The molecule has 4 nitrogen and oxygen atoms in total. The first-order valence-electron chi connectivity index (χ1n) is 7.20. The molecule has 0 aliphatic rings. The van der Waals surface area contributed by atoms with Crippen LogP contribution in [0.25, 0.3) is 10.6 Å². The van der Waals surface area contributed by atoms with Crippen LogP contribution in [0.4, 0.5) is 4.39 Å². The van der Waals surface area contributed by atoms with Crippen LogP contribution >= 0.6 is 11.3 Å². The molecule has 7 heteroatoms. The minimum atomic E-state index is -3.71. The van der Waals surface area contributed by atoms with Crippen LogP contribution in [0.1, 0.15) is 11.1 Å². The number of rotatable bonds is 5. The second-order valence-corrected chi connectivity index (χ2v) is 7.94. The van der Waals surface area contributed by atoms with Crippen molar-refractivity contribution in [2.75, 3.05) is 0 Å². The molecule has 24 heavy (non-hydrogen) atoms. The van der Waals surface area contributed by atoms with Gasteiger partial charge >= 0.3 is 0 Å². The summed E-state index contributed by atoms with van der Waals surface area (Å²) in [7, 11) is -3.71. The van der Waals surface area contributed by atoms with Gasteiger partial charge in [-0.05, 0) is 59.8 Å². The van der Waals surface area contributed by atoms with Crippen LogP contribution in [-0.2, 0) is 16.6 Å². The summed E-state index contributed by atoms with van der Waals surface area (Å²) in [6.07, 6.45) is 1.65. The molecule has 0 amide bonds. The molecule has 0 aliphatic carbocycles. The van der Waals surface area contributed by atoms with Crippen molar-refractivity contribution in [1.82, 2.24) is 9.71 Å². The second-order valence-electron chi connectivity index (χ2n) is 5.26. The van der Waals surface area contributed by atoms with Crippen LogP contribution in [-0.4, -0.2) is 13.4 Å². The zero-order valence-electron chi connectivity index (χ0n) is 12.9. The van der Waals surface area contributed by atoms with Crippen LogP contribution in [0, 0.1) is 12.7 Å². The Morgan fingerprint density at radius 3 is 2.75 bits per heavy atom. The Morgan fingerprint density at radius 1 is 1.21 bits per heavy atom. The monoisotopic (exact) mass is 362 g/mol. The lowest BCUT2D eigenvalue weighted by Crippen LogP contribution is -2.24. The fraction of sp³-hybridized carbons (Fsp3) is 0.118. The van der Waals surface area contributed by atoms with Crippen molar-refractivity contribution in [1.29, 1.82) is 0 Å². The number of nitrogens with one attached hydrogen (secondary N) is 1. The van der Waals surface area contributed by atoms with Crippen LogP contribution in [0.3, 0.4) is 0 Å². The van der Waals surface area contributed by atoms with Crippen molar-refractivity contribution >= 4 is 21.4 Å². The summed E-state index contributed by atoms with van der Waals surface area (Å²) < 4.78 is 40.5. The fourth-order valence-electron chi connectivity index (χ4n) is 2.31. The van der Waals surface area contributed by atoms with Gasteiger partial charge in [-0.2, -0.15) is 0 Å². The first-order chi connectivity index (χ1) is 11.5. The van der Waals surface area contributed by atoms with E-state index in [0.717, 1.165) is 22.2 Å². The Hall–Kier alpha value is -2.09. The number of sulfonamides is 1. The molecule has 2 aromatic heterocycles. The highest BCUT2D eigenvalue weighted by molar-refractivity contribution is 7.89. The number of pyridine rings is 1. The van der Waals surface area contributed by atoms with E-state index < -0.39 is 15.8 Å². The number of hydrogen-bond acceptors (Lipinski definition) is 4. The maximum atomic E-state index is 13.1. The molecule has 0 saturated carbocycles. The maximum absolute atomic E-state index is 13.1. The quantitative estimate of drug-likeness (QED) is 0.752. The summed E-state index contributed by atoms with van der Waals surface area (Å²) in [5, 5.41) is 1.96. The Labute approximate surface area is 144 Å². The van der Waals surface area contributed by atoms with Crippen molar-refractivity contribution < 1.29 is 12.8 Å². The van der Waals surface area contributed by atoms with Crippen molar-refractivity contribution in [2.24, 2.45) is 0 Å². The van der Waals surface area contributed by atoms with E-state index in [1.54, 1.807) is 30.5 Å². The van der Waals surface area contributed by atoms with Gasteiger partial charge in [0.15, 0.2) is 0 Å². The topological polar surface area (TPSA) is 59.1 Å². The third-order valence-corrected chi connectivity index (χ3v) is 5.94. The Balaban J connectivity index is 1.79. The van der Waals surface area contributed by atoms with Gasteiger partial charge in [0.05, 0.1) is 15.5 Å². The van der Waals surface area contributed by atoms with Crippen LogP contribution < -0.4 is 4.72 Å². The number of nitrogens with zero attached hydrogens (tertiary/aromatic N) is 1. The lowest BCUT2D eigenvalue weighted by atomic mass is 10.2. The first kappa shape index (κ1) is 16.8. The maximum Gasteiger partial charge on any atom is 0.241 e. The molecular formula is C17H15FN2O2S2. The highest BCUT2D eigenvalue weighted by atomic mass is 32.2. The second kappa shape index (κ2) is 6.80. The lowest BCUT2D eigenvalue weighted by molar-refractivity contribution is 0.579. The van der Waals surface area contributed by atoms with Gasteiger partial charge in [0.25, 0.3) is 0 Å². The van der Waals surface area contributed by atoms with Crippen molar-refractivity contribution in [2.45, 2.75) is 18.4 Å². The first-order valence-corrected chi connectivity index (χ1v) is 9.56. The Kier molecular flexibility index (Phi) is 4.75. The van der Waals surface area contributed by atoms with Gasteiger partial charge in [-0.15, -0.1) is 11.3 Å². The fourth-order valence-corrected chi connectivity index (χ4v) is 4.25. The van der Waals surface area contributed by atoms with E-state index in [1.165, 1.54) is 12.1 Å². The van der Waals surface area contributed by atoms with Gasteiger partial charge in [-0.25, -0.2) is 17.5 Å². The highest BCUT2D eigenvalue weighted by Crippen LogP contribution is 2.23. The van der Waals surface area contributed by atoms with Crippen LogP contribution in [0.15, 0.2) is 58.9 Å². The molecule has 0 saturated heterocycles. The smallest absolute Gasteiger partial charge is 0.241 e. The number of halogens is 1. The molecule has 3 rings (SSSR count). The Morgan fingerprint density at radius 2 is 2.04 bits per heavy atom.